The van der Waals surface area contributed by atoms with Gasteiger partial charge in [-0.3, -0.25) is 9.69 Å². The van der Waals surface area contributed by atoms with Gasteiger partial charge in [-0.25, -0.2) is 4.68 Å². The number of rotatable bonds is 9. The van der Waals surface area contributed by atoms with Crippen LogP contribution in [-0.4, -0.2) is 49.8 Å². The highest BCUT2D eigenvalue weighted by atomic mass is 16.5. The van der Waals surface area contributed by atoms with E-state index in [2.05, 4.69) is 65.2 Å². The smallest absolute Gasteiger partial charge is 0.252 e. The number of H-pyrrole nitrogens is 1. The molecule has 0 radical (unpaired) electrons. The maximum absolute atomic E-state index is 13.2. The highest BCUT2D eigenvalue weighted by molar-refractivity contribution is 5.83. The van der Waals surface area contributed by atoms with Crippen LogP contribution in [0.4, 0.5) is 0 Å². The zero-order valence-electron chi connectivity index (χ0n) is 21.2. The second kappa shape index (κ2) is 10.8. The predicted molar refractivity (Wildman–Crippen MR) is 134 cm³/mol. The van der Waals surface area contributed by atoms with Gasteiger partial charge in [0.25, 0.3) is 5.56 Å². The van der Waals surface area contributed by atoms with Crippen molar-refractivity contribution in [3.05, 3.63) is 51.1 Å². The minimum Gasteiger partial charge on any atom is -0.383 e. The number of nitrogens with zero attached hydrogens (tertiary/aromatic N) is 5. The summed E-state index contributed by atoms with van der Waals surface area (Å²) < 4.78 is 7.15. The number of tetrazole rings is 1. The number of aromatic nitrogens is 5. The van der Waals surface area contributed by atoms with E-state index in [1.54, 1.807) is 7.11 Å². The lowest BCUT2D eigenvalue weighted by Crippen LogP contribution is -2.43. The van der Waals surface area contributed by atoms with Crippen molar-refractivity contribution in [3.63, 3.8) is 0 Å². The molecule has 0 amide bonds. The van der Waals surface area contributed by atoms with Crippen LogP contribution >= 0.6 is 0 Å². The molecule has 8 heteroatoms. The Hall–Kier alpha value is -2.58. The number of hydrogen-bond donors (Lipinski definition) is 1. The third-order valence-electron chi connectivity index (χ3n) is 7.11. The number of aromatic amines is 1. The maximum atomic E-state index is 13.2. The number of methoxy groups -OCH3 is 1. The van der Waals surface area contributed by atoms with Crippen LogP contribution in [0.25, 0.3) is 10.9 Å². The fourth-order valence-corrected chi connectivity index (χ4v) is 5.49. The number of benzene rings is 1. The normalized spacial score (nSPS) is 16.1. The Kier molecular flexibility index (Phi) is 7.78. The molecule has 1 atom stereocenters. The Labute approximate surface area is 201 Å². The summed E-state index contributed by atoms with van der Waals surface area (Å²) in [5.74, 6) is 1.12. The molecular weight excluding hydrogens is 428 g/mol. The molecule has 8 nitrogen and oxygen atoms in total. The van der Waals surface area contributed by atoms with Gasteiger partial charge in [-0.15, -0.1) is 5.10 Å². The van der Waals surface area contributed by atoms with Gasteiger partial charge in [0.15, 0.2) is 5.82 Å². The number of pyridine rings is 1. The lowest BCUT2D eigenvalue weighted by molar-refractivity contribution is 0.0597. The van der Waals surface area contributed by atoms with E-state index >= 15 is 0 Å². The van der Waals surface area contributed by atoms with Crippen molar-refractivity contribution in [2.24, 2.45) is 5.92 Å². The SMILES string of the molecule is COCCn1nnnc1[C@@H](C(C)C)N(Cc1cc2c(C)cc(C)cc2[nH]c1=O)C1CCCCC1. The first-order valence-electron chi connectivity index (χ1n) is 12.5. The summed E-state index contributed by atoms with van der Waals surface area (Å²) in [7, 11) is 1.69. The predicted octanol–water partition coefficient (Wildman–Crippen LogP) is 4.31. The summed E-state index contributed by atoms with van der Waals surface area (Å²) in [6.45, 7) is 10.3. The third kappa shape index (κ3) is 5.23. The quantitative estimate of drug-likeness (QED) is 0.505. The Balaban J connectivity index is 1.76. The molecule has 34 heavy (non-hydrogen) atoms. The van der Waals surface area contributed by atoms with Gasteiger partial charge >= 0.3 is 0 Å². The first-order valence-corrected chi connectivity index (χ1v) is 12.5. The fraction of sp³-hybridized carbons (Fsp3) is 0.615. The van der Waals surface area contributed by atoms with Gasteiger partial charge in [0.1, 0.15) is 0 Å². The van der Waals surface area contributed by atoms with Crippen molar-refractivity contribution < 1.29 is 4.74 Å². The Morgan fingerprint density at radius 2 is 1.94 bits per heavy atom. The van der Waals surface area contributed by atoms with Crippen LogP contribution in [0.15, 0.2) is 23.0 Å². The molecule has 0 saturated heterocycles. The van der Waals surface area contributed by atoms with E-state index in [4.69, 9.17) is 4.74 Å². The second-order valence-corrected chi connectivity index (χ2v) is 10.1. The largest absolute Gasteiger partial charge is 0.383 e. The topological polar surface area (TPSA) is 88.9 Å². The van der Waals surface area contributed by atoms with Crippen LogP contribution < -0.4 is 5.56 Å². The number of fused-ring (bicyclic) bond motifs is 1. The first kappa shape index (κ1) is 24.5. The van der Waals surface area contributed by atoms with Crippen molar-refractivity contribution in [2.45, 2.75) is 85.0 Å². The van der Waals surface area contributed by atoms with Crippen LogP contribution in [0.5, 0.6) is 0 Å². The Morgan fingerprint density at radius 1 is 1.18 bits per heavy atom. The van der Waals surface area contributed by atoms with Gasteiger partial charge in [-0.05, 0) is 66.3 Å². The van der Waals surface area contributed by atoms with Crippen LogP contribution in [0.3, 0.4) is 0 Å². The van der Waals surface area contributed by atoms with E-state index < -0.39 is 0 Å². The molecule has 0 unspecified atom stereocenters. The van der Waals surface area contributed by atoms with Gasteiger partial charge in [-0.1, -0.05) is 39.2 Å². The minimum absolute atomic E-state index is 0.00386. The van der Waals surface area contributed by atoms with Gasteiger partial charge in [-0.2, -0.15) is 0 Å². The standard InChI is InChI=1S/C26H38N6O2/c1-17(2)24(25-28-29-30-32(25)11-12-34-5)31(21-9-7-6-8-10-21)16-20-15-22-19(4)13-18(3)14-23(22)27-26(20)33/h13-15,17,21,24H,6-12,16H2,1-5H3,(H,27,33)/t24-/m1/s1. The van der Waals surface area contributed by atoms with Crippen LogP contribution in [0, 0.1) is 19.8 Å². The number of ether oxygens (including phenoxy) is 1. The molecular formula is C26H38N6O2. The van der Waals surface area contributed by atoms with Crippen molar-refractivity contribution in [2.75, 3.05) is 13.7 Å². The van der Waals surface area contributed by atoms with Crippen molar-refractivity contribution >= 4 is 10.9 Å². The molecule has 0 bridgehead atoms. The van der Waals surface area contributed by atoms with Crippen molar-refractivity contribution in [3.8, 4) is 0 Å². The molecule has 2 heterocycles. The van der Waals surface area contributed by atoms with E-state index in [1.165, 1.54) is 24.8 Å². The monoisotopic (exact) mass is 466 g/mol. The average molecular weight is 467 g/mol. The first-order chi connectivity index (χ1) is 16.4. The van der Waals surface area contributed by atoms with Crippen molar-refractivity contribution in [1.29, 1.82) is 0 Å². The molecule has 0 aliphatic heterocycles. The molecule has 1 aliphatic carbocycles. The fourth-order valence-electron chi connectivity index (χ4n) is 5.49. The highest BCUT2D eigenvalue weighted by Crippen LogP contribution is 2.35. The Morgan fingerprint density at radius 3 is 2.65 bits per heavy atom. The molecule has 4 rings (SSSR count). The molecule has 1 saturated carbocycles. The van der Waals surface area contributed by atoms with Crippen LogP contribution in [0.2, 0.25) is 0 Å². The number of aryl methyl sites for hydroxylation is 2. The van der Waals surface area contributed by atoms with E-state index in [0.717, 1.165) is 40.7 Å². The van der Waals surface area contributed by atoms with Gasteiger partial charge in [0.05, 0.1) is 19.2 Å². The maximum Gasteiger partial charge on any atom is 0.252 e. The van der Waals surface area contributed by atoms with Gasteiger partial charge < -0.3 is 9.72 Å². The van der Waals surface area contributed by atoms with E-state index in [9.17, 15) is 4.79 Å². The summed E-state index contributed by atoms with van der Waals surface area (Å²) >= 11 is 0. The van der Waals surface area contributed by atoms with Crippen LogP contribution in [-0.2, 0) is 17.8 Å². The summed E-state index contributed by atoms with van der Waals surface area (Å²) in [6, 6.07) is 6.70. The number of hydrogen-bond acceptors (Lipinski definition) is 6. The molecule has 3 aromatic rings. The highest BCUT2D eigenvalue weighted by Gasteiger charge is 2.34. The lowest BCUT2D eigenvalue weighted by Gasteiger charge is -2.41. The van der Waals surface area contributed by atoms with E-state index in [0.29, 0.717) is 25.7 Å². The molecule has 184 valence electrons. The zero-order chi connectivity index (χ0) is 24.2. The molecule has 0 spiro atoms. The summed E-state index contributed by atoms with van der Waals surface area (Å²) in [5.41, 5.74) is 4.02. The van der Waals surface area contributed by atoms with Crippen molar-refractivity contribution in [1.82, 2.24) is 30.1 Å². The lowest BCUT2D eigenvalue weighted by atomic mass is 9.90. The third-order valence-corrected chi connectivity index (χ3v) is 7.11. The molecule has 1 aromatic carbocycles. The minimum atomic E-state index is -0.0141. The molecule has 1 aliphatic rings. The van der Waals surface area contributed by atoms with Gasteiger partial charge in [0, 0.05) is 36.2 Å². The molecule has 1 fully saturated rings. The Bertz CT molecular complexity index is 1160. The van der Waals surface area contributed by atoms with Gasteiger partial charge in [0.2, 0.25) is 0 Å². The van der Waals surface area contributed by atoms with Crippen LogP contribution in [0.1, 0.15) is 74.5 Å². The number of nitrogens with one attached hydrogen (secondary N) is 1. The second-order valence-electron chi connectivity index (χ2n) is 10.1. The molecule has 2 aromatic heterocycles. The average Bonchev–Trinajstić information content (AvgIpc) is 3.26. The summed E-state index contributed by atoms with van der Waals surface area (Å²) in [6.07, 6.45) is 5.97. The summed E-state index contributed by atoms with van der Waals surface area (Å²) in [4.78, 5) is 18.9. The van der Waals surface area contributed by atoms with E-state index in [1.807, 2.05) is 10.7 Å². The van der Waals surface area contributed by atoms with E-state index in [-0.39, 0.29) is 17.5 Å². The zero-order valence-corrected chi connectivity index (χ0v) is 21.2. The molecule has 1 N–H and O–H groups in total. The summed E-state index contributed by atoms with van der Waals surface area (Å²) in [5, 5.41) is 13.8.